The first-order valence-corrected chi connectivity index (χ1v) is 10.0. The Morgan fingerprint density at radius 1 is 1.00 bits per heavy atom. The lowest BCUT2D eigenvalue weighted by atomic mass is 10.0. The van der Waals surface area contributed by atoms with Gasteiger partial charge in [-0.3, -0.25) is 19.8 Å². The number of nitrogens with zero attached hydrogens (tertiary/aromatic N) is 2. The van der Waals surface area contributed by atoms with Gasteiger partial charge in [-0.05, 0) is 36.8 Å². The molecule has 1 atom stereocenters. The molecule has 6 nitrogen and oxygen atoms in total. The maximum absolute atomic E-state index is 13.5. The van der Waals surface area contributed by atoms with E-state index in [1.807, 2.05) is 37.3 Å². The van der Waals surface area contributed by atoms with Crippen LogP contribution in [0.1, 0.15) is 18.1 Å². The molecule has 0 saturated carbocycles. The third kappa shape index (κ3) is 3.44. The number of nitro benzene ring substituents is 1. The van der Waals surface area contributed by atoms with Crippen LogP contribution in [0.2, 0.25) is 0 Å². The monoisotopic (exact) mass is 418 g/mol. The molecule has 0 aliphatic carbocycles. The highest BCUT2D eigenvalue weighted by Crippen LogP contribution is 2.53. The molecule has 0 radical (unpaired) electrons. The maximum Gasteiger partial charge on any atom is 0.269 e. The van der Waals surface area contributed by atoms with Gasteiger partial charge in [-0.2, -0.15) is 0 Å². The molecule has 1 fully saturated rings. The van der Waals surface area contributed by atoms with Crippen molar-refractivity contribution in [1.29, 1.82) is 0 Å². The van der Waals surface area contributed by atoms with Gasteiger partial charge in [0.2, 0.25) is 0 Å². The molecule has 0 aromatic heterocycles. The van der Waals surface area contributed by atoms with Gasteiger partial charge >= 0.3 is 0 Å². The zero-order valence-corrected chi connectivity index (χ0v) is 16.9. The van der Waals surface area contributed by atoms with Gasteiger partial charge in [-0.15, -0.1) is 0 Å². The zero-order valence-electron chi connectivity index (χ0n) is 16.1. The number of amides is 1. The molecule has 3 aromatic carbocycles. The summed E-state index contributed by atoms with van der Waals surface area (Å²) in [5.74, 6) is -0.142. The van der Waals surface area contributed by atoms with E-state index in [1.165, 1.54) is 23.9 Å². The molecule has 1 unspecified atom stereocenters. The quantitative estimate of drug-likeness (QED) is 0.353. The Kier molecular flexibility index (Phi) is 5.05. The summed E-state index contributed by atoms with van der Waals surface area (Å²) in [7, 11) is 0. The number of hydrogen-bond acceptors (Lipinski definition) is 5. The van der Waals surface area contributed by atoms with E-state index in [4.69, 9.17) is 0 Å². The van der Waals surface area contributed by atoms with Gasteiger partial charge in [0.1, 0.15) is 10.6 Å². The van der Waals surface area contributed by atoms with Crippen molar-refractivity contribution in [2.24, 2.45) is 0 Å². The van der Waals surface area contributed by atoms with Gasteiger partial charge in [-0.1, -0.05) is 60.3 Å². The molecule has 1 aliphatic rings. The Bertz CT molecular complexity index is 1150. The summed E-state index contributed by atoms with van der Waals surface area (Å²) in [5, 5.41) is 21.1. The summed E-state index contributed by atoms with van der Waals surface area (Å²) < 4.78 is 0. The number of rotatable bonds is 4. The molecule has 4 rings (SSSR count). The first kappa shape index (κ1) is 19.7. The van der Waals surface area contributed by atoms with Gasteiger partial charge in [0.25, 0.3) is 11.6 Å². The topological polar surface area (TPSA) is 83.7 Å². The Labute approximate surface area is 177 Å². The summed E-state index contributed by atoms with van der Waals surface area (Å²) >= 11 is 1.38. The van der Waals surface area contributed by atoms with Crippen molar-refractivity contribution in [1.82, 2.24) is 0 Å². The fourth-order valence-electron chi connectivity index (χ4n) is 3.47. The first-order valence-electron chi connectivity index (χ1n) is 9.23. The van der Waals surface area contributed by atoms with Crippen LogP contribution in [-0.2, 0) is 9.67 Å². The average Bonchev–Trinajstić information content (AvgIpc) is 3.01. The van der Waals surface area contributed by atoms with E-state index in [-0.39, 0.29) is 17.3 Å². The summed E-state index contributed by atoms with van der Waals surface area (Å²) in [6, 6.07) is 22.4. The van der Waals surface area contributed by atoms with Crippen molar-refractivity contribution in [3.8, 4) is 5.75 Å². The number of anilines is 1. The number of thioether (sulfide) groups is 1. The second-order valence-corrected chi connectivity index (χ2v) is 8.37. The number of aromatic hydroxyl groups is 1. The minimum atomic E-state index is -0.759. The largest absolute Gasteiger partial charge is 0.507 e. The van der Waals surface area contributed by atoms with Crippen LogP contribution in [-0.4, -0.2) is 15.9 Å². The van der Waals surface area contributed by atoms with Gasteiger partial charge in [0.05, 0.1) is 9.83 Å². The van der Waals surface area contributed by atoms with Crippen LogP contribution in [0.25, 0.3) is 6.08 Å². The molecule has 150 valence electrons. The predicted octanol–water partition coefficient (Wildman–Crippen LogP) is 5.29. The number of carbonyl (C=O) groups excluding carboxylic acids is 1. The number of nitro groups is 1. The fraction of sp³-hybridized carbons (Fsp3) is 0.0870. The van der Waals surface area contributed by atoms with Crippen molar-refractivity contribution in [2.45, 2.75) is 11.8 Å². The average molecular weight is 418 g/mol. The van der Waals surface area contributed by atoms with Crippen LogP contribution in [0.15, 0.2) is 83.8 Å². The highest BCUT2D eigenvalue weighted by molar-refractivity contribution is 8.05. The molecule has 1 heterocycles. The third-order valence-electron chi connectivity index (χ3n) is 5.00. The molecule has 30 heavy (non-hydrogen) atoms. The number of phenols is 1. The smallest absolute Gasteiger partial charge is 0.269 e. The predicted molar refractivity (Wildman–Crippen MR) is 118 cm³/mol. The lowest BCUT2D eigenvalue weighted by Gasteiger charge is -2.34. The highest BCUT2D eigenvalue weighted by Gasteiger charge is 2.48. The maximum atomic E-state index is 13.5. The van der Waals surface area contributed by atoms with Crippen molar-refractivity contribution >= 4 is 35.1 Å². The van der Waals surface area contributed by atoms with Crippen LogP contribution >= 0.6 is 11.8 Å². The van der Waals surface area contributed by atoms with Gasteiger partial charge in [-0.25, -0.2) is 0 Å². The zero-order chi connectivity index (χ0) is 21.3. The SMILES string of the molecule is CC1(c2ccccc2)S/C(=C\c2ccccc2O)C(=O)N1c1ccc([N+](=O)[O-])cc1. The summed E-state index contributed by atoms with van der Waals surface area (Å²) in [5.41, 5.74) is 1.99. The van der Waals surface area contributed by atoms with Crippen LogP contribution in [0, 0.1) is 10.1 Å². The van der Waals surface area contributed by atoms with Crippen LogP contribution in [0.5, 0.6) is 5.75 Å². The normalized spacial score (nSPS) is 20.0. The van der Waals surface area contributed by atoms with E-state index in [1.54, 1.807) is 47.4 Å². The third-order valence-corrected chi connectivity index (χ3v) is 6.33. The van der Waals surface area contributed by atoms with E-state index in [0.29, 0.717) is 16.2 Å². The van der Waals surface area contributed by atoms with E-state index in [2.05, 4.69) is 0 Å². The summed E-state index contributed by atoms with van der Waals surface area (Å²) in [6.45, 7) is 1.94. The summed E-state index contributed by atoms with van der Waals surface area (Å²) in [4.78, 5) is 25.4. The van der Waals surface area contributed by atoms with Crippen LogP contribution in [0.3, 0.4) is 0 Å². The van der Waals surface area contributed by atoms with Crippen LogP contribution in [0.4, 0.5) is 11.4 Å². The van der Waals surface area contributed by atoms with Gasteiger partial charge in [0, 0.05) is 23.4 Å². The van der Waals surface area contributed by atoms with E-state index in [0.717, 1.165) is 5.56 Å². The second-order valence-electron chi connectivity index (χ2n) is 6.93. The molecule has 1 aliphatic heterocycles. The number of carbonyl (C=O) groups is 1. The molecule has 7 heteroatoms. The molecule has 0 spiro atoms. The highest BCUT2D eigenvalue weighted by atomic mass is 32.2. The van der Waals surface area contributed by atoms with Crippen molar-refractivity contribution in [2.75, 3.05) is 4.90 Å². The molecular formula is C23H18N2O4S. The molecular weight excluding hydrogens is 400 g/mol. The van der Waals surface area contributed by atoms with E-state index < -0.39 is 9.79 Å². The Morgan fingerprint density at radius 2 is 1.63 bits per heavy atom. The molecule has 1 N–H and O–H groups in total. The lowest BCUT2D eigenvalue weighted by Crippen LogP contribution is -2.39. The second kappa shape index (κ2) is 7.68. The minimum absolute atomic E-state index is 0.0376. The molecule has 1 amide bonds. The lowest BCUT2D eigenvalue weighted by molar-refractivity contribution is -0.384. The fourth-order valence-corrected chi connectivity index (χ4v) is 4.80. The minimum Gasteiger partial charge on any atom is -0.507 e. The number of non-ortho nitro benzene ring substituents is 1. The first-order chi connectivity index (χ1) is 14.4. The van der Waals surface area contributed by atoms with Crippen molar-refractivity contribution in [3.05, 3.63) is 105 Å². The van der Waals surface area contributed by atoms with Gasteiger partial charge < -0.3 is 5.11 Å². The number of benzene rings is 3. The van der Waals surface area contributed by atoms with E-state index in [9.17, 15) is 20.0 Å². The van der Waals surface area contributed by atoms with Crippen molar-refractivity contribution < 1.29 is 14.8 Å². The summed E-state index contributed by atoms with van der Waals surface area (Å²) in [6.07, 6.45) is 1.68. The number of para-hydroxylation sites is 1. The van der Waals surface area contributed by atoms with Crippen molar-refractivity contribution in [3.63, 3.8) is 0 Å². The number of hydrogen-bond donors (Lipinski definition) is 1. The number of phenolic OH excluding ortho intramolecular Hbond substituents is 1. The molecule has 1 saturated heterocycles. The van der Waals surface area contributed by atoms with E-state index >= 15 is 0 Å². The van der Waals surface area contributed by atoms with Crippen LogP contribution < -0.4 is 4.90 Å². The Balaban J connectivity index is 1.83. The standard InChI is InChI=1S/C23H18N2O4S/c1-23(17-8-3-2-4-9-17)24(18-11-13-19(14-12-18)25(28)29)22(27)21(30-23)15-16-7-5-6-10-20(16)26/h2-15,26H,1H3/b21-15-. The Morgan fingerprint density at radius 3 is 2.27 bits per heavy atom. The van der Waals surface area contributed by atoms with Gasteiger partial charge in [0.15, 0.2) is 0 Å². The molecule has 0 bridgehead atoms. The molecule has 3 aromatic rings. The Hall–Kier alpha value is -3.58.